The fraction of sp³-hybridized carbons (Fsp3) is 0.545. The molecule has 3 N–H and O–H groups in total. The van der Waals surface area contributed by atoms with Crippen LogP contribution in [-0.4, -0.2) is 59.4 Å². The lowest BCUT2D eigenvalue weighted by Crippen LogP contribution is -2.44. The van der Waals surface area contributed by atoms with Crippen LogP contribution in [0.5, 0.6) is 0 Å². The summed E-state index contributed by atoms with van der Waals surface area (Å²) in [5, 5.41) is 9.18. The Labute approximate surface area is 125 Å². The van der Waals surface area contributed by atoms with E-state index in [4.69, 9.17) is 10.8 Å². The van der Waals surface area contributed by atoms with E-state index in [1.807, 2.05) is 0 Å². The molecule has 0 radical (unpaired) electrons. The third-order valence-electron chi connectivity index (χ3n) is 3.22. The molecule has 8 nitrogen and oxygen atoms in total. The van der Waals surface area contributed by atoms with Gasteiger partial charge in [0, 0.05) is 6.04 Å². The van der Waals surface area contributed by atoms with Crippen molar-refractivity contribution in [3.8, 4) is 0 Å². The fourth-order valence-electron chi connectivity index (χ4n) is 2.28. The zero-order valence-corrected chi connectivity index (χ0v) is 12.9. The molecule has 2 heterocycles. The minimum Gasteiger partial charge on any atom is -0.480 e. The predicted octanol–water partition coefficient (Wildman–Crippen LogP) is -0.252. The van der Waals surface area contributed by atoms with Crippen molar-refractivity contribution in [3.05, 3.63) is 10.6 Å². The van der Waals surface area contributed by atoms with Gasteiger partial charge in [0.25, 0.3) is 5.91 Å². The first kappa shape index (κ1) is 15.7. The maximum absolute atomic E-state index is 12.5. The molecule has 1 aromatic heterocycles. The van der Waals surface area contributed by atoms with E-state index in [1.54, 1.807) is 6.92 Å². The van der Waals surface area contributed by atoms with Crippen LogP contribution >= 0.6 is 11.3 Å². The molecule has 1 unspecified atom stereocenters. The third kappa shape index (κ3) is 3.50. The van der Waals surface area contributed by atoms with Crippen LogP contribution in [0.15, 0.2) is 0 Å². The molecule has 0 saturated carbocycles. The van der Waals surface area contributed by atoms with Crippen LogP contribution in [0, 0.1) is 6.92 Å². The van der Waals surface area contributed by atoms with Gasteiger partial charge in [-0.2, -0.15) is 0 Å². The number of sulfone groups is 1. The normalized spacial score (nSPS) is 20.3. The second-order valence-corrected chi connectivity index (χ2v) is 8.11. The summed E-state index contributed by atoms with van der Waals surface area (Å²) < 4.78 is 23.1. The number of hydrogen-bond acceptors (Lipinski definition) is 7. The molecule has 0 spiro atoms. The van der Waals surface area contributed by atoms with Gasteiger partial charge < -0.3 is 15.7 Å². The maximum Gasteiger partial charge on any atom is 0.323 e. The number of nitrogen functional groups attached to an aromatic ring is 1. The second-order valence-electron chi connectivity index (χ2n) is 4.85. The predicted molar refractivity (Wildman–Crippen MR) is 77.0 cm³/mol. The quantitative estimate of drug-likeness (QED) is 0.776. The van der Waals surface area contributed by atoms with Crippen molar-refractivity contribution in [2.75, 3.05) is 23.8 Å². The largest absolute Gasteiger partial charge is 0.480 e. The lowest BCUT2D eigenvalue weighted by Gasteiger charge is -2.26. The van der Waals surface area contributed by atoms with Crippen molar-refractivity contribution in [1.82, 2.24) is 9.88 Å². The van der Waals surface area contributed by atoms with Gasteiger partial charge in [-0.25, -0.2) is 13.4 Å². The van der Waals surface area contributed by atoms with Crippen molar-refractivity contribution < 1.29 is 23.1 Å². The molecule has 1 amide bonds. The van der Waals surface area contributed by atoms with E-state index in [0.717, 1.165) is 16.2 Å². The van der Waals surface area contributed by atoms with E-state index in [9.17, 15) is 18.0 Å². The molecule has 10 heteroatoms. The van der Waals surface area contributed by atoms with Gasteiger partial charge >= 0.3 is 5.97 Å². The molecule has 1 saturated heterocycles. The molecular weight excluding hydrogens is 318 g/mol. The highest BCUT2D eigenvalue weighted by Gasteiger charge is 2.37. The summed E-state index contributed by atoms with van der Waals surface area (Å²) in [6.07, 6.45) is 0.245. The number of hydrogen-bond donors (Lipinski definition) is 2. The number of amides is 1. The van der Waals surface area contributed by atoms with Crippen molar-refractivity contribution in [1.29, 1.82) is 0 Å². The molecule has 116 valence electrons. The van der Waals surface area contributed by atoms with Gasteiger partial charge in [0.1, 0.15) is 11.4 Å². The number of aryl methyl sites for hydroxylation is 1. The number of nitrogens with two attached hydrogens (primary N) is 1. The van der Waals surface area contributed by atoms with Gasteiger partial charge in [-0.1, -0.05) is 11.3 Å². The van der Waals surface area contributed by atoms with Crippen LogP contribution in [-0.2, 0) is 14.6 Å². The minimum atomic E-state index is -3.22. The number of thiazole rings is 1. The zero-order valence-electron chi connectivity index (χ0n) is 11.3. The number of carboxylic acids is 1. The van der Waals surface area contributed by atoms with Crippen LogP contribution in [0.2, 0.25) is 0 Å². The Morgan fingerprint density at radius 3 is 2.62 bits per heavy atom. The number of aromatic nitrogens is 1. The van der Waals surface area contributed by atoms with Crippen LogP contribution in [0.25, 0.3) is 0 Å². The summed E-state index contributed by atoms with van der Waals surface area (Å²) >= 11 is 0.970. The summed E-state index contributed by atoms with van der Waals surface area (Å²) in [4.78, 5) is 28.7. The number of anilines is 1. The average Bonchev–Trinajstić information content (AvgIpc) is 2.87. The van der Waals surface area contributed by atoms with E-state index >= 15 is 0 Å². The molecule has 21 heavy (non-hydrogen) atoms. The Hall–Kier alpha value is -1.68. The number of nitrogens with zero attached hydrogens (tertiary/aromatic N) is 2. The Kier molecular flexibility index (Phi) is 4.19. The highest BCUT2D eigenvalue weighted by atomic mass is 32.2. The molecule has 2 rings (SSSR count). The molecule has 0 bridgehead atoms. The smallest absolute Gasteiger partial charge is 0.323 e. The number of carboxylic acid groups (broad SMARTS) is 1. The molecule has 1 aromatic rings. The van der Waals surface area contributed by atoms with Gasteiger partial charge in [0.2, 0.25) is 0 Å². The molecule has 1 fully saturated rings. The van der Waals surface area contributed by atoms with Crippen LogP contribution < -0.4 is 5.73 Å². The Morgan fingerprint density at radius 2 is 2.19 bits per heavy atom. The lowest BCUT2D eigenvalue weighted by atomic mass is 10.2. The van der Waals surface area contributed by atoms with E-state index in [1.165, 1.54) is 0 Å². The van der Waals surface area contributed by atoms with Gasteiger partial charge in [0.05, 0.1) is 17.2 Å². The van der Waals surface area contributed by atoms with Gasteiger partial charge in [-0.3, -0.25) is 9.59 Å². The molecule has 1 atom stereocenters. The standard InChI is InChI=1S/C11H15N3O5S2/c1-6-9(20-11(12)13-6)10(17)14(4-8(15)16)7-2-3-21(18,19)5-7/h7H,2-5H2,1H3,(H2,12,13)(H,15,16). The highest BCUT2D eigenvalue weighted by Crippen LogP contribution is 2.25. The first-order valence-corrected chi connectivity index (χ1v) is 8.79. The van der Waals surface area contributed by atoms with Crippen LogP contribution in [0.4, 0.5) is 5.13 Å². The first-order valence-electron chi connectivity index (χ1n) is 6.15. The minimum absolute atomic E-state index is 0.0368. The molecule has 1 aliphatic rings. The van der Waals surface area contributed by atoms with E-state index in [-0.39, 0.29) is 27.9 Å². The summed E-state index contributed by atoms with van der Waals surface area (Å²) in [5.41, 5.74) is 5.96. The fourth-order valence-corrected chi connectivity index (χ4v) is 4.80. The average molecular weight is 333 g/mol. The van der Waals surface area contributed by atoms with Crippen molar-refractivity contribution >= 4 is 38.2 Å². The lowest BCUT2D eigenvalue weighted by molar-refractivity contribution is -0.138. The first-order chi connectivity index (χ1) is 9.69. The maximum atomic E-state index is 12.5. The zero-order chi connectivity index (χ0) is 15.8. The topological polar surface area (TPSA) is 131 Å². The van der Waals surface area contributed by atoms with Gasteiger partial charge in [-0.05, 0) is 13.3 Å². The van der Waals surface area contributed by atoms with Crippen molar-refractivity contribution in [2.45, 2.75) is 19.4 Å². The van der Waals surface area contributed by atoms with Crippen molar-refractivity contribution in [3.63, 3.8) is 0 Å². The summed E-state index contributed by atoms with van der Waals surface area (Å²) in [5.74, 6) is -1.97. The Bertz CT molecular complexity index is 682. The molecule has 1 aliphatic heterocycles. The molecular formula is C11H15N3O5S2. The third-order valence-corrected chi connectivity index (χ3v) is 5.95. The number of rotatable bonds is 4. The van der Waals surface area contributed by atoms with Gasteiger partial charge in [-0.15, -0.1) is 0 Å². The van der Waals surface area contributed by atoms with Crippen LogP contribution in [0.1, 0.15) is 21.8 Å². The van der Waals surface area contributed by atoms with E-state index < -0.39 is 34.3 Å². The Morgan fingerprint density at radius 1 is 1.52 bits per heavy atom. The molecule has 0 aromatic carbocycles. The summed E-state index contributed by atoms with van der Waals surface area (Å²) in [6, 6.07) is -0.624. The summed E-state index contributed by atoms with van der Waals surface area (Å²) in [6.45, 7) is 1.06. The number of aliphatic carboxylic acids is 1. The van der Waals surface area contributed by atoms with E-state index in [2.05, 4.69) is 4.98 Å². The van der Waals surface area contributed by atoms with E-state index in [0.29, 0.717) is 5.69 Å². The van der Waals surface area contributed by atoms with Gasteiger partial charge in [0.15, 0.2) is 15.0 Å². The van der Waals surface area contributed by atoms with Crippen LogP contribution in [0.3, 0.4) is 0 Å². The monoisotopic (exact) mass is 333 g/mol. The van der Waals surface area contributed by atoms with Crippen molar-refractivity contribution in [2.24, 2.45) is 0 Å². The highest BCUT2D eigenvalue weighted by molar-refractivity contribution is 7.91. The number of carbonyl (C=O) groups excluding carboxylic acids is 1. The SMILES string of the molecule is Cc1nc(N)sc1C(=O)N(CC(=O)O)C1CCS(=O)(=O)C1. The molecule has 0 aliphatic carbocycles. The second kappa shape index (κ2) is 5.60. The summed E-state index contributed by atoms with van der Waals surface area (Å²) in [7, 11) is -3.22. The number of carbonyl (C=O) groups is 2. The Balaban J connectivity index is 2.30.